The van der Waals surface area contributed by atoms with Crippen molar-refractivity contribution in [3.8, 4) is 0 Å². The topological polar surface area (TPSA) is 99.0 Å². The van der Waals surface area contributed by atoms with Gasteiger partial charge in [0.15, 0.2) is 0 Å². The van der Waals surface area contributed by atoms with Gasteiger partial charge in [0.2, 0.25) is 11.8 Å². The molecule has 1 atom stereocenters. The zero-order chi connectivity index (χ0) is 22.2. The smallest absolute Gasteiger partial charge is 0.255 e. The van der Waals surface area contributed by atoms with Crippen molar-refractivity contribution in [3.63, 3.8) is 0 Å². The van der Waals surface area contributed by atoms with E-state index in [1.54, 1.807) is 4.90 Å². The fourth-order valence-electron chi connectivity index (χ4n) is 5.71. The van der Waals surface area contributed by atoms with Crippen molar-refractivity contribution < 1.29 is 14.4 Å². The van der Waals surface area contributed by atoms with Gasteiger partial charge in [-0.15, -0.1) is 0 Å². The molecule has 0 aromatic heterocycles. The summed E-state index contributed by atoms with van der Waals surface area (Å²) in [6, 6.07) is 6.57. The molecule has 4 aliphatic rings. The number of amides is 3. The third kappa shape index (κ3) is 4.31. The summed E-state index contributed by atoms with van der Waals surface area (Å²) in [5, 5.41) is 2.36. The number of carbonyl (C=O) groups excluding carboxylic acids is 3. The van der Waals surface area contributed by atoms with Gasteiger partial charge in [0.05, 0.1) is 0 Å². The van der Waals surface area contributed by atoms with Crippen LogP contribution in [0.3, 0.4) is 0 Å². The zero-order valence-electron chi connectivity index (χ0n) is 18.6. The van der Waals surface area contributed by atoms with Crippen LogP contribution in [0.5, 0.6) is 0 Å². The number of nitrogens with two attached hydrogens (primary N) is 1. The van der Waals surface area contributed by atoms with Gasteiger partial charge in [0.25, 0.3) is 5.91 Å². The molecule has 4 heterocycles. The van der Waals surface area contributed by atoms with Crippen LogP contribution in [0.15, 0.2) is 18.2 Å². The highest BCUT2D eigenvalue weighted by atomic mass is 16.2. The molecule has 0 bridgehead atoms. The molecule has 3 amide bonds. The largest absolute Gasteiger partial charge is 0.328 e. The first-order valence-electron chi connectivity index (χ1n) is 12.0. The van der Waals surface area contributed by atoms with Crippen molar-refractivity contribution in [1.29, 1.82) is 0 Å². The number of piperidine rings is 3. The number of fused-ring (bicyclic) bond motifs is 1. The molecule has 172 valence electrons. The number of rotatable bonds is 4. The van der Waals surface area contributed by atoms with Crippen LogP contribution in [-0.4, -0.2) is 76.7 Å². The molecule has 1 aromatic carbocycles. The molecule has 3 fully saturated rings. The average Bonchev–Trinajstić information content (AvgIpc) is 3.10. The summed E-state index contributed by atoms with van der Waals surface area (Å²) in [7, 11) is 0. The summed E-state index contributed by atoms with van der Waals surface area (Å²) in [5.74, 6) is -0.727. The number of imide groups is 1. The summed E-state index contributed by atoms with van der Waals surface area (Å²) in [4.78, 5) is 43.3. The molecule has 0 saturated carbocycles. The minimum Gasteiger partial charge on any atom is -0.328 e. The maximum atomic E-state index is 12.9. The molecule has 8 heteroatoms. The number of hydrogen-bond acceptors (Lipinski definition) is 6. The van der Waals surface area contributed by atoms with E-state index in [9.17, 15) is 14.4 Å². The summed E-state index contributed by atoms with van der Waals surface area (Å²) in [5.41, 5.74) is 8.93. The number of benzene rings is 1. The summed E-state index contributed by atoms with van der Waals surface area (Å²) < 4.78 is 0. The van der Waals surface area contributed by atoms with Crippen molar-refractivity contribution in [2.45, 2.75) is 69.7 Å². The minimum absolute atomic E-state index is 0.108. The molecule has 5 rings (SSSR count). The molecule has 8 nitrogen and oxygen atoms in total. The lowest BCUT2D eigenvalue weighted by Gasteiger charge is -2.41. The van der Waals surface area contributed by atoms with Gasteiger partial charge < -0.3 is 15.5 Å². The summed E-state index contributed by atoms with van der Waals surface area (Å²) in [6.45, 7) is 5.77. The van der Waals surface area contributed by atoms with Gasteiger partial charge in [-0.1, -0.05) is 12.1 Å². The molecule has 0 radical (unpaired) electrons. The lowest BCUT2D eigenvalue weighted by atomic mass is 9.97. The minimum atomic E-state index is -0.556. The Morgan fingerprint density at radius 3 is 2.44 bits per heavy atom. The third-order valence-electron chi connectivity index (χ3n) is 7.64. The highest BCUT2D eigenvalue weighted by Crippen LogP contribution is 2.29. The Morgan fingerprint density at radius 1 is 0.969 bits per heavy atom. The first-order valence-corrected chi connectivity index (χ1v) is 12.0. The molecule has 3 N–H and O–H groups in total. The normalized spacial score (nSPS) is 26.5. The van der Waals surface area contributed by atoms with E-state index in [0.717, 1.165) is 51.1 Å². The van der Waals surface area contributed by atoms with Crippen LogP contribution >= 0.6 is 0 Å². The van der Waals surface area contributed by atoms with Crippen LogP contribution in [0.1, 0.15) is 60.0 Å². The molecule has 0 aliphatic carbocycles. The van der Waals surface area contributed by atoms with Gasteiger partial charge in [-0.05, 0) is 75.5 Å². The maximum absolute atomic E-state index is 12.9. The predicted molar refractivity (Wildman–Crippen MR) is 120 cm³/mol. The number of nitrogens with zero attached hydrogens (tertiary/aromatic N) is 3. The van der Waals surface area contributed by atoms with Gasteiger partial charge in [0.1, 0.15) is 6.04 Å². The quantitative estimate of drug-likeness (QED) is 0.675. The van der Waals surface area contributed by atoms with E-state index in [1.165, 1.54) is 18.4 Å². The second kappa shape index (κ2) is 8.92. The Bertz CT molecular complexity index is 903. The first kappa shape index (κ1) is 21.6. The molecule has 4 aliphatic heterocycles. The van der Waals surface area contributed by atoms with Crippen LogP contribution in [0.4, 0.5) is 0 Å². The number of carbonyl (C=O) groups is 3. The predicted octanol–water partition coefficient (Wildman–Crippen LogP) is 0.835. The van der Waals surface area contributed by atoms with Crippen LogP contribution in [-0.2, 0) is 22.7 Å². The maximum Gasteiger partial charge on any atom is 0.255 e. The number of likely N-dealkylation sites (tertiary alicyclic amines) is 2. The Labute approximate surface area is 189 Å². The van der Waals surface area contributed by atoms with Crippen LogP contribution in [0, 0.1) is 0 Å². The van der Waals surface area contributed by atoms with E-state index in [0.29, 0.717) is 30.6 Å². The van der Waals surface area contributed by atoms with Gasteiger partial charge in [-0.2, -0.15) is 0 Å². The Hall–Kier alpha value is -2.29. The first-order chi connectivity index (χ1) is 15.5. The van der Waals surface area contributed by atoms with E-state index >= 15 is 0 Å². The number of hydrogen-bond donors (Lipinski definition) is 2. The van der Waals surface area contributed by atoms with Crippen LogP contribution < -0.4 is 11.1 Å². The fraction of sp³-hybridized carbons (Fsp3) is 0.625. The molecular formula is C24H33N5O3. The van der Waals surface area contributed by atoms with Crippen LogP contribution in [0.25, 0.3) is 0 Å². The van der Waals surface area contributed by atoms with Crippen molar-refractivity contribution in [2.24, 2.45) is 5.73 Å². The molecule has 32 heavy (non-hydrogen) atoms. The van der Waals surface area contributed by atoms with Crippen molar-refractivity contribution in [2.75, 3.05) is 26.2 Å². The van der Waals surface area contributed by atoms with Crippen LogP contribution in [0.2, 0.25) is 0 Å². The Kier molecular flexibility index (Phi) is 6.01. The molecule has 3 saturated heterocycles. The third-order valence-corrected chi connectivity index (χ3v) is 7.64. The Morgan fingerprint density at radius 2 is 1.72 bits per heavy atom. The van der Waals surface area contributed by atoms with E-state index in [1.807, 2.05) is 12.1 Å². The lowest BCUT2D eigenvalue weighted by Crippen LogP contribution is -2.52. The molecule has 1 unspecified atom stereocenters. The molecule has 0 spiro atoms. The average molecular weight is 440 g/mol. The van der Waals surface area contributed by atoms with Crippen molar-refractivity contribution >= 4 is 17.7 Å². The Balaban J connectivity index is 1.17. The zero-order valence-corrected chi connectivity index (χ0v) is 18.6. The van der Waals surface area contributed by atoms with E-state index in [4.69, 9.17) is 5.73 Å². The number of nitrogens with one attached hydrogen (secondary N) is 1. The SMILES string of the molecule is NC1CCN(C2CCN(Cc3ccc4c(c3)CN(C3CCC(=O)NC3=O)C4=O)CC2)CC1. The highest BCUT2D eigenvalue weighted by molar-refractivity contribution is 6.05. The van der Waals surface area contributed by atoms with Gasteiger partial charge in [-0.25, -0.2) is 0 Å². The van der Waals surface area contributed by atoms with E-state index in [-0.39, 0.29) is 24.1 Å². The fourth-order valence-corrected chi connectivity index (χ4v) is 5.71. The standard InChI is InChI=1S/C24H33N5O3/c25-18-5-11-28(12-6-18)19-7-9-27(10-8-19)14-16-1-2-20-17(13-16)15-29(24(20)32)21-3-4-22(30)26-23(21)31/h1-2,13,18-19,21H,3-12,14-15,25H2,(H,26,30,31). The van der Waals surface area contributed by atoms with E-state index in [2.05, 4.69) is 21.2 Å². The van der Waals surface area contributed by atoms with Crippen molar-refractivity contribution in [1.82, 2.24) is 20.0 Å². The van der Waals surface area contributed by atoms with Gasteiger partial charge in [0, 0.05) is 37.2 Å². The van der Waals surface area contributed by atoms with Gasteiger partial charge in [-0.3, -0.25) is 24.6 Å². The summed E-state index contributed by atoms with van der Waals surface area (Å²) in [6.07, 6.45) is 5.30. The molecular weight excluding hydrogens is 406 g/mol. The second-order valence-electron chi connectivity index (χ2n) is 9.77. The van der Waals surface area contributed by atoms with E-state index < -0.39 is 6.04 Å². The molecule has 1 aromatic rings. The highest BCUT2D eigenvalue weighted by Gasteiger charge is 2.39. The van der Waals surface area contributed by atoms with Gasteiger partial charge >= 0.3 is 0 Å². The lowest BCUT2D eigenvalue weighted by molar-refractivity contribution is -0.136. The monoisotopic (exact) mass is 439 g/mol. The summed E-state index contributed by atoms with van der Waals surface area (Å²) >= 11 is 0. The van der Waals surface area contributed by atoms with Crippen molar-refractivity contribution in [3.05, 3.63) is 34.9 Å². The second-order valence-corrected chi connectivity index (χ2v) is 9.77.